The van der Waals surface area contributed by atoms with E-state index in [0.29, 0.717) is 4.47 Å². The van der Waals surface area contributed by atoms with Gasteiger partial charge in [0.15, 0.2) is 11.6 Å². The highest BCUT2D eigenvalue weighted by Gasteiger charge is 2.15. The molecule has 1 amide bonds. The Bertz CT molecular complexity index is 649. The van der Waals surface area contributed by atoms with Crippen LogP contribution >= 0.6 is 15.9 Å². The number of anilines is 2. The van der Waals surface area contributed by atoms with Crippen molar-refractivity contribution in [3.8, 4) is 0 Å². The van der Waals surface area contributed by atoms with E-state index in [-0.39, 0.29) is 17.1 Å². The largest absolute Gasteiger partial charge is 0.398 e. The molecule has 0 unspecified atom stereocenters. The second-order valence-electron chi connectivity index (χ2n) is 3.64. The normalized spacial score (nSPS) is 10.3. The predicted molar refractivity (Wildman–Crippen MR) is 70.7 cm³/mol. The van der Waals surface area contributed by atoms with Gasteiger partial charge in [-0.1, -0.05) is 0 Å². The molecule has 0 radical (unpaired) electrons. The topological polar surface area (TPSA) is 68.0 Å². The third-order valence-electron chi connectivity index (χ3n) is 2.33. The number of carbonyl (C=O) groups is 1. The molecular weight excluding hydrogens is 320 g/mol. The fraction of sp³-hybridized carbons (Fsp3) is 0. The standard InChI is InChI=1S/C12H8BrF2N3O/c13-7-2-1-3-17-11(7)18-12(19)6-4-8(14)9(15)5-10(6)16/h1-5H,16H2,(H,17,18,19). The molecule has 7 heteroatoms. The lowest BCUT2D eigenvalue weighted by Gasteiger charge is -2.08. The molecule has 0 bridgehead atoms. The number of nitrogens with two attached hydrogens (primary N) is 1. The van der Waals surface area contributed by atoms with E-state index < -0.39 is 17.5 Å². The van der Waals surface area contributed by atoms with Crippen molar-refractivity contribution >= 4 is 33.3 Å². The first-order valence-electron chi connectivity index (χ1n) is 5.15. The van der Waals surface area contributed by atoms with Crippen molar-refractivity contribution < 1.29 is 13.6 Å². The maximum atomic E-state index is 13.1. The van der Waals surface area contributed by atoms with Gasteiger partial charge in [0, 0.05) is 18.0 Å². The van der Waals surface area contributed by atoms with E-state index in [1.165, 1.54) is 6.20 Å². The molecule has 4 nitrogen and oxygen atoms in total. The Morgan fingerprint density at radius 3 is 2.68 bits per heavy atom. The van der Waals surface area contributed by atoms with Gasteiger partial charge in [-0.2, -0.15) is 0 Å². The van der Waals surface area contributed by atoms with Crippen LogP contribution in [0.25, 0.3) is 0 Å². The van der Waals surface area contributed by atoms with E-state index >= 15 is 0 Å². The molecule has 0 atom stereocenters. The van der Waals surface area contributed by atoms with E-state index in [0.717, 1.165) is 12.1 Å². The van der Waals surface area contributed by atoms with Gasteiger partial charge in [-0.3, -0.25) is 4.79 Å². The zero-order chi connectivity index (χ0) is 14.0. The Morgan fingerprint density at radius 2 is 2.00 bits per heavy atom. The maximum absolute atomic E-state index is 13.1. The number of nitrogens with zero attached hydrogens (tertiary/aromatic N) is 1. The first kappa shape index (κ1) is 13.4. The fourth-order valence-corrected chi connectivity index (χ4v) is 1.77. The van der Waals surface area contributed by atoms with Gasteiger partial charge in [-0.15, -0.1) is 0 Å². The van der Waals surface area contributed by atoms with Gasteiger partial charge in [0.1, 0.15) is 5.82 Å². The summed E-state index contributed by atoms with van der Waals surface area (Å²) < 4.78 is 26.6. The summed E-state index contributed by atoms with van der Waals surface area (Å²) in [5, 5.41) is 2.45. The number of aromatic nitrogens is 1. The molecule has 98 valence electrons. The SMILES string of the molecule is Nc1cc(F)c(F)cc1C(=O)Nc1ncccc1Br. The second-order valence-corrected chi connectivity index (χ2v) is 4.50. The van der Waals surface area contributed by atoms with E-state index in [9.17, 15) is 13.6 Å². The van der Waals surface area contributed by atoms with Crippen molar-refractivity contribution in [2.45, 2.75) is 0 Å². The summed E-state index contributed by atoms with van der Waals surface area (Å²) in [5.41, 5.74) is 5.18. The van der Waals surface area contributed by atoms with E-state index in [1.807, 2.05) is 0 Å². The number of rotatable bonds is 2. The number of pyridine rings is 1. The number of halogens is 3. The average Bonchev–Trinajstić information content (AvgIpc) is 2.36. The van der Waals surface area contributed by atoms with Crippen LogP contribution in [0.1, 0.15) is 10.4 Å². The van der Waals surface area contributed by atoms with Crippen LogP contribution in [-0.2, 0) is 0 Å². The van der Waals surface area contributed by atoms with Crippen molar-refractivity contribution in [2.24, 2.45) is 0 Å². The molecule has 0 spiro atoms. The van der Waals surface area contributed by atoms with Gasteiger partial charge in [-0.05, 0) is 34.1 Å². The zero-order valence-corrected chi connectivity index (χ0v) is 11.0. The average molecular weight is 328 g/mol. The Kier molecular flexibility index (Phi) is 3.75. The van der Waals surface area contributed by atoms with Crippen LogP contribution in [0.5, 0.6) is 0 Å². The third kappa shape index (κ3) is 2.87. The number of nitrogen functional groups attached to an aromatic ring is 1. The summed E-state index contributed by atoms with van der Waals surface area (Å²) in [6, 6.07) is 4.86. The molecule has 0 saturated heterocycles. The minimum atomic E-state index is -1.14. The highest BCUT2D eigenvalue weighted by molar-refractivity contribution is 9.10. The van der Waals surface area contributed by atoms with Crippen LogP contribution in [0.3, 0.4) is 0 Å². The Labute approximate surface area is 115 Å². The number of benzene rings is 1. The van der Waals surface area contributed by atoms with Crippen molar-refractivity contribution in [1.82, 2.24) is 4.98 Å². The molecule has 0 saturated carbocycles. The fourth-order valence-electron chi connectivity index (χ4n) is 1.41. The number of amides is 1. The zero-order valence-electron chi connectivity index (χ0n) is 9.45. The monoisotopic (exact) mass is 327 g/mol. The quantitative estimate of drug-likeness (QED) is 0.833. The third-order valence-corrected chi connectivity index (χ3v) is 2.97. The predicted octanol–water partition coefficient (Wildman–Crippen LogP) is 2.96. The van der Waals surface area contributed by atoms with Crippen molar-refractivity contribution in [3.05, 3.63) is 52.1 Å². The van der Waals surface area contributed by atoms with Crippen LogP contribution in [0, 0.1) is 11.6 Å². The molecule has 19 heavy (non-hydrogen) atoms. The van der Waals surface area contributed by atoms with Crippen LogP contribution in [0.15, 0.2) is 34.9 Å². The summed E-state index contributed by atoms with van der Waals surface area (Å²) in [7, 11) is 0. The van der Waals surface area contributed by atoms with Crippen molar-refractivity contribution in [1.29, 1.82) is 0 Å². The summed E-state index contributed by atoms with van der Waals surface area (Å²) in [4.78, 5) is 15.8. The summed E-state index contributed by atoms with van der Waals surface area (Å²) in [6.45, 7) is 0. The second kappa shape index (κ2) is 5.31. The molecule has 0 fully saturated rings. The summed E-state index contributed by atoms with van der Waals surface area (Å²) in [6.07, 6.45) is 1.48. The van der Waals surface area contributed by atoms with Gasteiger partial charge in [0.2, 0.25) is 0 Å². The molecule has 0 aliphatic carbocycles. The van der Waals surface area contributed by atoms with Crippen LogP contribution < -0.4 is 11.1 Å². The van der Waals surface area contributed by atoms with Crippen LogP contribution in [-0.4, -0.2) is 10.9 Å². The minimum Gasteiger partial charge on any atom is -0.398 e. The van der Waals surface area contributed by atoms with Gasteiger partial charge in [0.25, 0.3) is 5.91 Å². The highest BCUT2D eigenvalue weighted by Crippen LogP contribution is 2.22. The molecule has 0 aliphatic rings. The number of carbonyl (C=O) groups excluding carboxylic acids is 1. The van der Waals surface area contributed by atoms with Crippen molar-refractivity contribution in [2.75, 3.05) is 11.1 Å². The van der Waals surface area contributed by atoms with Gasteiger partial charge >= 0.3 is 0 Å². The summed E-state index contributed by atoms with van der Waals surface area (Å²) >= 11 is 3.20. The minimum absolute atomic E-state index is 0.150. The Hall–Kier alpha value is -2.02. The van der Waals surface area contributed by atoms with E-state index in [1.54, 1.807) is 12.1 Å². The first-order valence-corrected chi connectivity index (χ1v) is 5.94. The molecular formula is C12H8BrF2N3O. The molecule has 2 aromatic rings. The van der Waals surface area contributed by atoms with Crippen LogP contribution in [0.2, 0.25) is 0 Å². The first-order chi connectivity index (χ1) is 8.99. The molecule has 3 N–H and O–H groups in total. The lowest BCUT2D eigenvalue weighted by atomic mass is 10.1. The van der Waals surface area contributed by atoms with Gasteiger partial charge in [-0.25, -0.2) is 13.8 Å². The molecule has 2 rings (SSSR count). The number of hydrogen-bond donors (Lipinski definition) is 2. The molecule has 0 aliphatic heterocycles. The Balaban J connectivity index is 2.31. The van der Waals surface area contributed by atoms with Crippen molar-refractivity contribution in [3.63, 3.8) is 0 Å². The highest BCUT2D eigenvalue weighted by atomic mass is 79.9. The van der Waals surface area contributed by atoms with Gasteiger partial charge < -0.3 is 11.1 Å². The van der Waals surface area contributed by atoms with Crippen LogP contribution in [0.4, 0.5) is 20.3 Å². The smallest absolute Gasteiger partial charge is 0.259 e. The van der Waals surface area contributed by atoms with Gasteiger partial charge in [0.05, 0.1) is 10.0 Å². The molecule has 1 aromatic carbocycles. The molecule has 1 heterocycles. The number of hydrogen-bond acceptors (Lipinski definition) is 3. The lowest BCUT2D eigenvalue weighted by molar-refractivity contribution is 0.102. The maximum Gasteiger partial charge on any atom is 0.259 e. The molecule has 1 aromatic heterocycles. The Morgan fingerprint density at radius 1 is 1.32 bits per heavy atom. The van der Waals surface area contributed by atoms with E-state index in [2.05, 4.69) is 26.2 Å². The van der Waals surface area contributed by atoms with E-state index in [4.69, 9.17) is 5.73 Å². The number of nitrogens with one attached hydrogen (secondary N) is 1. The lowest BCUT2D eigenvalue weighted by Crippen LogP contribution is -2.16. The summed E-state index contributed by atoms with van der Waals surface area (Å²) in [5.74, 6) is -2.65.